The maximum atomic E-state index is 14.7. The Labute approximate surface area is 203 Å². The lowest BCUT2D eigenvalue weighted by Crippen LogP contribution is -2.39. The minimum absolute atomic E-state index is 0.00584. The van der Waals surface area contributed by atoms with Gasteiger partial charge in [-0.3, -0.25) is 19.2 Å². The zero-order valence-electron chi connectivity index (χ0n) is 19.3. The van der Waals surface area contributed by atoms with Gasteiger partial charge in [-0.2, -0.15) is 0 Å². The third kappa shape index (κ3) is 4.25. The zero-order valence-corrected chi connectivity index (χ0v) is 20.1. The molecular weight excluding hydrogens is 469 g/mol. The van der Waals surface area contributed by atoms with Crippen LogP contribution >= 0.6 is 0 Å². The van der Waals surface area contributed by atoms with E-state index in [1.165, 1.54) is 52.6 Å². The van der Waals surface area contributed by atoms with E-state index in [0.29, 0.717) is 5.92 Å². The van der Waals surface area contributed by atoms with Crippen molar-refractivity contribution in [3.8, 4) is 5.69 Å². The largest absolute Gasteiger partial charge is 0.321 e. The van der Waals surface area contributed by atoms with Gasteiger partial charge >= 0.3 is 0 Å². The van der Waals surface area contributed by atoms with Crippen LogP contribution in [0.15, 0.2) is 65.8 Å². The first-order valence-electron chi connectivity index (χ1n) is 11.7. The van der Waals surface area contributed by atoms with E-state index < -0.39 is 27.7 Å². The Hall–Kier alpha value is -3.46. The first kappa shape index (κ1) is 23.3. The van der Waals surface area contributed by atoms with Gasteiger partial charge in [0.2, 0.25) is 0 Å². The number of hydrogen-bond acceptors (Lipinski definition) is 4. The third-order valence-corrected chi connectivity index (χ3v) is 8.26. The average Bonchev–Trinajstić information content (AvgIpc) is 3.57. The fourth-order valence-electron chi connectivity index (χ4n) is 5.19. The molecule has 9 heteroatoms. The lowest BCUT2D eigenvalue weighted by Gasteiger charge is -2.25. The molecule has 2 aromatic carbocycles. The first-order chi connectivity index (χ1) is 16.8. The first-order valence-corrected chi connectivity index (χ1v) is 13.2. The molecule has 1 aliphatic carbocycles. The summed E-state index contributed by atoms with van der Waals surface area (Å²) in [5.41, 5.74) is 0.417. The molecule has 2 amide bonds. The second-order valence-corrected chi connectivity index (χ2v) is 10.9. The lowest BCUT2D eigenvalue weighted by atomic mass is 9.98. The van der Waals surface area contributed by atoms with E-state index >= 15 is 0 Å². The summed E-state index contributed by atoms with van der Waals surface area (Å²) in [5.74, 6) is -1.15. The molecule has 2 aliphatic rings. The predicted molar refractivity (Wildman–Crippen MR) is 130 cm³/mol. The van der Waals surface area contributed by atoms with Gasteiger partial charge in [0, 0.05) is 18.4 Å². The summed E-state index contributed by atoms with van der Waals surface area (Å²) < 4.78 is 44.8. The number of rotatable bonds is 7. The van der Waals surface area contributed by atoms with E-state index in [0.717, 1.165) is 25.3 Å². The average molecular weight is 496 g/mol. The molecule has 0 spiro atoms. The molecule has 0 saturated heterocycles. The van der Waals surface area contributed by atoms with Gasteiger partial charge in [-0.1, -0.05) is 31.7 Å². The monoisotopic (exact) mass is 495 g/mol. The highest BCUT2D eigenvalue weighted by molar-refractivity contribution is 7.92. The quantitative estimate of drug-likeness (QED) is 0.468. The fraction of sp³-hybridized carbons (Fsp3) is 0.308. The Morgan fingerprint density at radius 2 is 1.74 bits per heavy atom. The van der Waals surface area contributed by atoms with Gasteiger partial charge in [-0.05, 0) is 61.7 Å². The topological polar surface area (TPSA) is 88.5 Å². The summed E-state index contributed by atoms with van der Waals surface area (Å²) in [4.78, 5) is 27.3. The number of sulfonamides is 1. The Balaban J connectivity index is 1.42. The number of carbonyl (C=O) groups excluding carboxylic acids is 2. The summed E-state index contributed by atoms with van der Waals surface area (Å²) in [6.45, 7) is 1.86. The van der Waals surface area contributed by atoms with Crippen LogP contribution in [0.25, 0.3) is 5.69 Å². The number of halogens is 1. The molecular formula is C26H26FN3O4S. The van der Waals surface area contributed by atoms with E-state index in [1.807, 2.05) is 6.92 Å². The SMILES string of the molecule is C[C@@H](CC1CCCC1)N1C(=O)c2cccc(NS(=O)(=O)c3ccc(-n4cccc4)c(F)c3)c2C1=O. The molecule has 1 atom stereocenters. The highest BCUT2D eigenvalue weighted by Gasteiger charge is 2.41. The Bertz CT molecular complexity index is 1400. The number of fused-ring (bicyclic) bond motifs is 1. The maximum absolute atomic E-state index is 14.7. The van der Waals surface area contributed by atoms with Gasteiger partial charge in [-0.25, -0.2) is 12.8 Å². The second kappa shape index (κ2) is 8.96. The number of anilines is 1. The van der Waals surface area contributed by atoms with Crippen LogP contribution in [-0.2, 0) is 10.0 Å². The molecule has 2 heterocycles. The molecule has 1 aromatic heterocycles. The molecule has 0 bridgehead atoms. The normalized spacial score (nSPS) is 17.1. The Morgan fingerprint density at radius 3 is 2.43 bits per heavy atom. The van der Waals surface area contributed by atoms with Gasteiger partial charge in [0.1, 0.15) is 5.82 Å². The highest BCUT2D eigenvalue weighted by Crippen LogP contribution is 2.35. The number of imide groups is 1. The van der Waals surface area contributed by atoms with E-state index in [1.54, 1.807) is 24.5 Å². The molecule has 3 aromatic rings. The Morgan fingerprint density at radius 1 is 1.03 bits per heavy atom. The van der Waals surface area contributed by atoms with Crippen LogP contribution in [0.2, 0.25) is 0 Å². The summed E-state index contributed by atoms with van der Waals surface area (Å²) in [6, 6.07) is 11.3. The predicted octanol–water partition coefficient (Wildman–Crippen LogP) is 4.98. The van der Waals surface area contributed by atoms with Crippen molar-refractivity contribution in [3.05, 3.63) is 77.9 Å². The molecule has 5 rings (SSSR count). The minimum atomic E-state index is -4.22. The van der Waals surface area contributed by atoms with Gasteiger partial charge in [0.05, 0.1) is 27.4 Å². The van der Waals surface area contributed by atoms with E-state index in [2.05, 4.69) is 4.72 Å². The van der Waals surface area contributed by atoms with Crippen molar-refractivity contribution >= 4 is 27.5 Å². The molecule has 35 heavy (non-hydrogen) atoms. The summed E-state index contributed by atoms with van der Waals surface area (Å²) in [6.07, 6.45) is 8.56. The summed E-state index contributed by atoms with van der Waals surface area (Å²) in [7, 11) is -4.22. The smallest absolute Gasteiger partial charge is 0.263 e. The molecule has 0 unspecified atom stereocenters. The fourth-order valence-corrected chi connectivity index (χ4v) is 6.27. The van der Waals surface area contributed by atoms with Gasteiger partial charge in [-0.15, -0.1) is 0 Å². The highest BCUT2D eigenvalue weighted by atomic mass is 32.2. The van der Waals surface area contributed by atoms with Crippen LogP contribution in [0, 0.1) is 11.7 Å². The molecule has 1 saturated carbocycles. The molecule has 1 N–H and O–H groups in total. The number of hydrogen-bond donors (Lipinski definition) is 1. The van der Waals surface area contributed by atoms with E-state index in [4.69, 9.17) is 0 Å². The van der Waals surface area contributed by atoms with Gasteiger partial charge in [0.25, 0.3) is 21.8 Å². The molecule has 0 radical (unpaired) electrons. The van der Waals surface area contributed by atoms with E-state index in [-0.39, 0.29) is 33.4 Å². The maximum Gasteiger partial charge on any atom is 0.263 e. The van der Waals surface area contributed by atoms with Gasteiger partial charge < -0.3 is 4.57 Å². The molecule has 1 fully saturated rings. The van der Waals surface area contributed by atoms with Crippen LogP contribution in [0.5, 0.6) is 0 Å². The molecule has 182 valence electrons. The van der Waals surface area contributed by atoms with Crippen molar-refractivity contribution in [2.45, 2.75) is 50.0 Å². The summed E-state index contributed by atoms with van der Waals surface area (Å²) in [5, 5.41) is 0. The van der Waals surface area contributed by atoms with Crippen LogP contribution < -0.4 is 4.72 Å². The van der Waals surface area contributed by atoms with Crippen molar-refractivity contribution in [2.24, 2.45) is 5.92 Å². The third-order valence-electron chi connectivity index (χ3n) is 6.89. The number of nitrogens with one attached hydrogen (secondary N) is 1. The van der Waals surface area contributed by atoms with Crippen LogP contribution in [0.3, 0.4) is 0 Å². The number of amides is 2. The Kier molecular flexibility index (Phi) is 5.96. The number of aromatic nitrogens is 1. The lowest BCUT2D eigenvalue weighted by molar-refractivity contribution is 0.0578. The summed E-state index contributed by atoms with van der Waals surface area (Å²) >= 11 is 0. The molecule has 1 aliphatic heterocycles. The van der Waals surface area contributed by atoms with Crippen molar-refractivity contribution in [1.29, 1.82) is 0 Å². The van der Waals surface area contributed by atoms with Crippen LogP contribution in [-0.4, -0.2) is 35.7 Å². The second-order valence-electron chi connectivity index (χ2n) is 9.25. The van der Waals surface area contributed by atoms with Crippen molar-refractivity contribution in [1.82, 2.24) is 9.47 Å². The molecule has 7 nitrogen and oxygen atoms in total. The number of benzene rings is 2. The van der Waals surface area contributed by atoms with E-state index in [9.17, 15) is 22.4 Å². The number of carbonyl (C=O) groups is 2. The van der Waals surface area contributed by atoms with Crippen molar-refractivity contribution in [2.75, 3.05) is 4.72 Å². The number of nitrogens with zero attached hydrogens (tertiary/aromatic N) is 2. The van der Waals surface area contributed by atoms with Crippen LogP contribution in [0.1, 0.15) is 59.7 Å². The van der Waals surface area contributed by atoms with Gasteiger partial charge in [0.15, 0.2) is 0 Å². The van der Waals surface area contributed by atoms with Crippen molar-refractivity contribution in [3.63, 3.8) is 0 Å². The standard InChI is InChI=1S/C26H26FN3O4S/c1-17(15-18-7-2-3-8-18)30-25(31)20-9-6-10-22(24(20)26(30)32)28-35(33,34)19-11-12-23(21(27)16-19)29-13-4-5-14-29/h4-6,9-14,16-18,28H,2-3,7-8,15H2,1H3/t17-/m0/s1. The van der Waals surface area contributed by atoms with Crippen molar-refractivity contribution < 1.29 is 22.4 Å². The van der Waals surface area contributed by atoms with Crippen LogP contribution in [0.4, 0.5) is 10.1 Å². The minimum Gasteiger partial charge on any atom is -0.321 e. The zero-order chi connectivity index (χ0) is 24.7.